The molecule has 2 amide bonds. The van der Waals surface area contributed by atoms with E-state index in [0.717, 1.165) is 6.42 Å². The summed E-state index contributed by atoms with van der Waals surface area (Å²) in [7, 11) is -3.88. The number of rotatable bonds is 7. The Labute approximate surface area is 152 Å². The van der Waals surface area contributed by atoms with Crippen molar-refractivity contribution < 1.29 is 18.0 Å². The Bertz CT molecular complexity index is 910. The number of nitrogens with one attached hydrogen (secondary N) is 3. The van der Waals surface area contributed by atoms with Crippen LogP contribution < -0.4 is 15.4 Å². The molecule has 0 aliphatic carbocycles. The Kier molecular flexibility index (Phi) is 6.35. The molecule has 0 atom stereocenters. The van der Waals surface area contributed by atoms with Gasteiger partial charge in [-0.2, -0.15) is 0 Å². The zero-order valence-electron chi connectivity index (χ0n) is 14.6. The van der Waals surface area contributed by atoms with Crippen molar-refractivity contribution in [3.8, 4) is 0 Å². The van der Waals surface area contributed by atoms with Crippen molar-refractivity contribution >= 4 is 33.2 Å². The standard InChI is InChI=1S/C18H21N3O4S/c1-3-10-19-18(23)14-6-4-9-17(11-14)26(24,25)21-16-8-5-7-15(12-16)20-13(2)22/h4-9,11-12,21H,3,10H2,1-2H3,(H,19,23)(H,20,22). The lowest BCUT2D eigenvalue weighted by molar-refractivity contribution is -0.114. The Morgan fingerprint density at radius 3 is 2.38 bits per heavy atom. The second-order valence-corrected chi connectivity index (χ2v) is 7.33. The summed E-state index contributed by atoms with van der Waals surface area (Å²) >= 11 is 0. The molecule has 0 saturated heterocycles. The maximum atomic E-state index is 12.6. The van der Waals surface area contributed by atoms with Gasteiger partial charge in [0.2, 0.25) is 5.91 Å². The Balaban J connectivity index is 2.22. The summed E-state index contributed by atoms with van der Waals surface area (Å²) in [6.45, 7) is 3.82. The highest BCUT2D eigenvalue weighted by Crippen LogP contribution is 2.20. The molecule has 3 N–H and O–H groups in total. The molecular weight excluding hydrogens is 354 g/mol. The van der Waals surface area contributed by atoms with Gasteiger partial charge in [-0.15, -0.1) is 0 Å². The van der Waals surface area contributed by atoms with Crippen LogP contribution in [0.2, 0.25) is 0 Å². The van der Waals surface area contributed by atoms with Gasteiger partial charge < -0.3 is 10.6 Å². The van der Waals surface area contributed by atoms with Crippen LogP contribution in [0.1, 0.15) is 30.6 Å². The van der Waals surface area contributed by atoms with Crippen molar-refractivity contribution in [2.24, 2.45) is 0 Å². The second-order valence-electron chi connectivity index (χ2n) is 5.65. The fourth-order valence-corrected chi connectivity index (χ4v) is 3.32. The van der Waals surface area contributed by atoms with Crippen molar-refractivity contribution in [3.05, 3.63) is 54.1 Å². The third-order valence-corrected chi connectivity index (χ3v) is 4.76. The van der Waals surface area contributed by atoms with Crippen LogP contribution >= 0.6 is 0 Å². The van der Waals surface area contributed by atoms with Crippen molar-refractivity contribution in [2.45, 2.75) is 25.2 Å². The molecular formula is C18H21N3O4S. The molecule has 0 bridgehead atoms. The van der Waals surface area contributed by atoms with E-state index in [9.17, 15) is 18.0 Å². The lowest BCUT2D eigenvalue weighted by Gasteiger charge is -2.11. The molecule has 0 spiro atoms. The average molecular weight is 375 g/mol. The van der Waals surface area contributed by atoms with E-state index in [-0.39, 0.29) is 22.3 Å². The molecule has 8 heteroatoms. The minimum atomic E-state index is -3.88. The third kappa shape index (κ3) is 5.32. The molecule has 0 fully saturated rings. The first kappa shape index (κ1) is 19.5. The minimum absolute atomic E-state index is 0.0217. The van der Waals surface area contributed by atoms with Gasteiger partial charge in [-0.1, -0.05) is 19.1 Å². The number of benzene rings is 2. The molecule has 0 aliphatic heterocycles. The zero-order valence-corrected chi connectivity index (χ0v) is 15.4. The smallest absolute Gasteiger partial charge is 0.261 e. The topological polar surface area (TPSA) is 104 Å². The van der Waals surface area contributed by atoms with Gasteiger partial charge >= 0.3 is 0 Å². The molecule has 2 aromatic carbocycles. The average Bonchev–Trinajstić information content (AvgIpc) is 2.59. The first-order chi connectivity index (χ1) is 12.3. The Morgan fingerprint density at radius 2 is 1.69 bits per heavy atom. The third-order valence-electron chi connectivity index (χ3n) is 3.38. The van der Waals surface area contributed by atoms with Crippen LogP contribution in [-0.2, 0) is 14.8 Å². The summed E-state index contributed by atoms with van der Waals surface area (Å²) in [5.74, 6) is -0.577. The Morgan fingerprint density at radius 1 is 1.00 bits per heavy atom. The summed E-state index contributed by atoms with van der Waals surface area (Å²) in [5, 5.41) is 5.30. The lowest BCUT2D eigenvalue weighted by Crippen LogP contribution is -2.24. The van der Waals surface area contributed by atoms with Gasteiger partial charge in [0.15, 0.2) is 0 Å². The van der Waals surface area contributed by atoms with E-state index in [4.69, 9.17) is 0 Å². The lowest BCUT2D eigenvalue weighted by atomic mass is 10.2. The highest BCUT2D eigenvalue weighted by atomic mass is 32.2. The predicted molar refractivity (Wildman–Crippen MR) is 101 cm³/mol. The van der Waals surface area contributed by atoms with Gasteiger partial charge in [-0.3, -0.25) is 14.3 Å². The SMILES string of the molecule is CCCNC(=O)c1cccc(S(=O)(=O)Nc2cccc(NC(C)=O)c2)c1. The van der Waals surface area contributed by atoms with E-state index in [0.29, 0.717) is 17.9 Å². The predicted octanol–water partition coefficient (Wildman–Crippen LogP) is 2.59. The molecule has 0 aromatic heterocycles. The summed E-state index contributed by atoms with van der Waals surface area (Å²) in [5.41, 5.74) is 1.05. The highest BCUT2D eigenvalue weighted by Gasteiger charge is 2.16. The maximum Gasteiger partial charge on any atom is 0.261 e. The molecule has 0 saturated carbocycles. The number of amides is 2. The molecule has 0 heterocycles. The van der Waals surface area contributed by atoms with E-state index in [1.54, 1.807) is 24.3 Å². The second kappa shape index (κ2) is 8.48. The number of hydrogen-bond acceptors (Lipinski definition) is 4. The molecule has 2 aromatic rings. The van der Waals surface area contributed by atoms with Crippen LogP contribution in [0.15, 0.2) is 53.4 Å². The number of anilines is 2. The number of hydrogen-bond donors (Lipinski definition) is 3. The maximum absolute atomic E-state index is 12.6. The van der Waals surface area contributed by atoms with Crippen LogP contribution in [0, 0.1) is 0 Å². The van der Waals surface area contributed by atoms with E-state index in [1.165, 1.54) is 31.2 Å². The van der Waals surface area contributed by atoms with Crippen LogP contribution in [0.4, 0.5) is 11.4 Å². The van der Waals surface area contributed by atoms with E-state index < -0.39 is 10.0 Å². The van der Waals surface area contributed by atoms with Gasteiger partial charge in [0.1, 0.15) is 0 Å². The molecule has 0 unspecified atom stereocenters. The molecule has 2 rings (SSSR count). The van der Waals surface area contributed by atoms with Crippen molar-refractivity contribution in [2.75, 3.05) is 16.6 Å². The fraction of sp³-hybridized carbons (Fsp3) is 0.222. The van der Waals surface area contributed by atoms with E-state index >= 15 is 0 Å². The van der Waals surface area contributed by atoms with Crippen molar-refractivity contribution in [1.82, 2.24) is 5.32 Å². The number of carbonyl (C=O) groups excluding carboxylic acids is 2. The van der Waals surface area contributed by atoms with Crippen LogP contribution in [0.3, 0.4) is 0 Å². The van der Waals surface area contributed by atoms with Gasteiger partial charge in [0.05, 0.1) is 10.6 Å². The van der Waals surface area contributed by atoms with E-state index in [1.807, 2.05) is 6.92 Å². The monoisotopic (exact) mass is 375 g/mol. The molecule has 7 nitrogen and oxygen atoms in total. The number of carbonyl (C=O) groups is 2. The molecule has 138 valence electrons. The first-order valence-electron chi connectivity index (χ1n) is 8.10. The van der Waals surface area contributed by atoms with Crippen LogP contribution in [0.25, 0.3) is 0 Å². The minimum Gasteiger partial charge on any atom is -0.352 e. The van der Waals surface area contributed by atoms with Crippen molar-refractivity contribution in [1.29, 1.82) is 0 Å². The van der Waals surface area contributed by atoms with Gasteiger partial charge in [-0.05, 0) is 42.8 Å². The Hall–Kier alpha value is -2.87. The molecule has 0 aliphatic rings. The summed E-state index contributed by atoms with van der Waals surface area (Å²) in [6, 6.07) is 12.2. The first-order valence-corrected chi connectivity index (χ1v) is 9.59. The normalized spacial score (nSPS) is 10.8. The van der Waals surface area contributed by atoms with E-state index in [2.05, 4.69) is 15.4 Å². The molecule has 0 radical (unpaired) electrons. The van der Waals surface area contributed by atoms with Gasteiger partial charge in [0.25, 0.3) is 15.9 Å². The van der Waals surface area contributed by atoms with Gasteiger partial charge in [0, 0.05) is 24.7 Å². The zero-order chi connectivity index (χ0) is 19.2. The number of sulfonamides is 1. The molecule has 26 heavy (non-hydrogen) atoms. The quantitative estimate of drug-likeness (QED) is 0.692. The summed E-state index contributed by atoms with van der Waals surface area (Å²) < 4.78 is 27.6. The summed E-state index contributed by atoms with van der Waals surface area (Å²) in [4.78, 5) is 23.1. The summed E-state index contributed by atoms with van der Waals surface area (Å²) in [6.07, 6.45) is 0.788. The fourth-order valence-electron chi connectivity index (χ4n) is 2.22. The van der Waals surface area contributed by atoms with Crippen LogP contribution in [0.5, 0.6) is 0 Å². The van der Waals surface area contributed by atoms with Crippen molar-refractivity contribution in [3.63, 3.8) is 0 Å². The highest BCUT2D eigenvalue weighted by molar-refractivity contribution is 7.92. The largest absolute Gasteiger partial charge is 0.352 e. The van der Waals surface area contributed by atoms with Crippen LogP contribution in [-0.4, -0.2) is 26.8 Å². The van der Waals surface area contributed by atoms with Gasteiger partial charge in [-0.25, -0.2) is 8.42 Å².